The number of halogens is 1. The normalized spacial score (nSPS) is 11.0. The third kappa shape index (κ3) is 2.72. The maximum absolute atomic E-state index is 6.23. The molecule has 0 aliphatic rings. The monoisotopic (exact) mass is 350 g/mol. The van der Waals surface area contributed by atoms with E-state index in [1.165, 1.54) is 0 Å². The average Bonchev–Trinajstić information content (AvgIpc) is 2.97. The first-order chi connectivity index (χ1) is 12.2. The maximum atomic E-state index is 6.23. The van der Waals surface area contributed by atoms with Crippen LogP contribution in [0.1, 0.15) is 5.82 Å². The summed E-state index contributed by atoms with van der Waals surface area (Å²) in [6.45, 7) is 1.96. The molecule has 0 spiro atoms. The lowest BCUT2D eigenvalue weighted by Gasteiger charge is -2.09. The quantitative estimate of drug-likeness (QED) is 0.547. The SMILES string of the molecule is COc1ccc(-c2nccc(-n3c(C)nc4ccccc43)n2)cc1Cl. The van der Waals surface area contributed by atoms with Gasteiger partial charge in [-0.15, -0.1) is 0 Å². The Morgan fingerprint density at radius 3 is 2.68 bits per heavy atom. The van der Waals surface area contributed by atoms with Gasteiger partial charge in [-0.1, -0.05) is 23.7 Å². The van der Waals surface area contributed by atoms with Crippen LogP contribution in [-0.2, 0) is 0 Å². The van der Waals surface area contributed by atoms with E-state index in [9.17, 15) is 0 Å². The molecule has 2 aromatic carbocycles. The second-order valence-corrected chi connectivity index (χ2v) is 5.98. The van der Waals surface area contributed by atoms with E-state index in [2.05, 4.69) is 9.97 Å². The molecule has 5 nitrogen and oxygen atoms in total. The lowest BCUT2D eigenvalue weighted by molar-refractivity contribution is 0.415. The number of nitrogens with zero attached hydrogens (tertiary/aromatic N) is 4. The molecule has 0 saturated carbocycles. The Bertz CT molecular complexity index is 1070. The first-order valence-electron chi connectivity index (χ1n) is 7.79. The Labute approximate surface area is 149 Å². The summed E-state index contributed by atoms with van der Waals surface area (Å²) < 4.78 is 7.22. The molecule has 0 N–H and O–H groups in total. The molecule has 0 bridgehead atoms. The number of ether oxygens (including phenoxy) is 1. The molecule has 0 fully saturated rings. The van der Waals surface area contributed by atoms with Crippen LogP contribution < -0.4 is 4.74 Å². The van der Waals surface area contributed by atoms with Gasteiger partial charge in [-0.25, -0.2) is 15.0 Å². The van der Waals surface area contributed by atoms with Crippen molar-refractivity contribution in [2.75, 3.05) is 7.11 Å². The fraction of sp³-hybridized carbons (Fsp3) is 0.105. The molecule has 25 heavy (non-hydrogen) atoms. The van der Waals surface area contributed by atoms with Crippen molar-refractivity contribution in [2.24, 2.45) is 0 Å². The summed E-state index contributed by atoms with van der Waals surface area (Å²) >= 11 is 6.23. The molecule has 4 aromatic rings. The molecule has 2 aromatic heterocycles. The molecule has 0 saturated heterocycles. The highest BCUT2D eigenvalue weighted by atomic mass is 35.5. The number of fused-ring (bicyclic) bond motifs is 1. The van der Waals surface area contributed by atoms with Crippen molar-refractivity contribution in [2.45, 2.75) is 6.92 Å². The third-order valence-corrected chi connectivity index (χ3v) is 4.30. The number of imidazole rings is 1. The Morgan fingerprint density at radius 1 is 1.04 bits per heavy atom. The van der Waals surface area contributed by atoms with E-state index in [-0.39, 0.29) is 0 Å². The molecule has 2 heterocycles. The van der Waals surface area contributed by atoms with E-state index in [1.807, 2.05) is 54.0 Å². The highest BCUT2D eigenvalue weighted by Crippen LogP contribution is 2.29. The summed E-state index contributed by atoms with van der Waals surface area (Å²) in [5, 5.41) is 0.526. The van der Waals surface area contributed by atoms with E-state index in [1.54, 1.807) is 19.4 Å². The smallest absolute Gasteiger partial charge is 0.161 e. The summed E-state index contributed by atoms with van der Waals surface area (Å²) in [6, 6.07) is 15.4. The first kappa shape index (κ1) is 15.6. The molecule has 0 unspecified atom stereocenters. The topological polar surface area (TPSA) is 52.8 Å². The van der Waals surface area contributed by atoms with Gasteiger partial charge in [0.2, 0.25) is 0 Å². The minimum Gasteiger partial charge on any atom is -0.495 e. The van der Waals surface area contributed by atoms with Gasteiger partial charge in [-0.3, -0.25) is 4.57 Å². The maximum Gasteiger partial charge on any atom is 0.161 e. The first-order valence-corrected chi connectivity index (χ1v) is 8.16. The van der Waals surface area contributed by atoms with Gasteiger partial charge in [0.25, 0.3) is 0 Å². The zero-order valence-corrected chi connectivity index (χ0v) is 14.5. The number of para-hydroxylation sites is 2. The minimum atomic E-state index is 0.526. The van der Waals surface area contributed by atoms with E-state index in [0.717, 1.165) is 28.2 Å². The largest absolute Gasteiger partial charge is 0.495 e. The predicted molar refractivity (Wildman–Crippen MR) is 98.4 cm³/mol. The van der Waals surface area contributed by atoms with Crippen LogP contribution in [0.5, 0.6) is 5.75 Å². The van der Waals surface area contributed by atoms with Crippen LogP contribution in [0.25, 0.3) is 28.2 Å². The molecule has 0 aliphatic heterocycles. The van der Waals surface area contributed by atoms with Crippen molar-refractivity contribution in [1.29, 1.82) is 0 Å². The number of methoxy groups -OCH3 is 1. The van der Waals surface area contributed by atoms with Gasteiger partial charge in [0, 0.05) is 11.8 Å². The van der Waals surface area contributed by atoms with Crippen LogP contribution in [0.3, 0.4) is 0 Å². The van der Waals surface area contributed by atoms with E-state index in [4.69, 9.17) is 21.3 Å². The summed E-state index contributed by atoms with van der Waals surface area (Å²) in [7, 11) is 1.59. The number of rotatable bonds is 3. The van der Waals surface area contributed by atoms with Crippen LogP contribution in [0.4, 0.5) is 0 Å². The molecule has 6 heteroatoms. The minimum absolute atomic E-state index is 0.526. The predicted octanol–water partition coefficient (Wildman–Crippen LogP) is 4.45. The van der Waals surface area contributed by atoms with Gasteiger partial charge in [-0.05, 0) is 43.3 Å². The summed E-state index contributed by atoms with van der Waals surface area (Å²) in [4.78, 5) is 13.7. The summed E-state index contributed by atoms with van der Waals surface area (Å²) in [6.07, 6.45) is 1.74. The van der Waals surface area contributed by atoms with Crippen molar-refractivity contribution in [3.05, 3.63) is 65.6 Å². The van der Waals surface area contributed by atoms with Crippen molar-refractivity contribution >= 4 is 22.6 Å². The van der Waals surface area contributed by atoms with Crippen LogP contribution in [0.15, 0.2) is 54.7 Å². The second-order valence-electron chi connectivity index (χ2n) is 5.57. The summed E-state index contributed by atoms with van der Waals surface area (Å²) in [5.74, 6) is 2.86. The number of hydrogen-bond donors (Lipinski definition) is 0. The van der Waals surface area contributed by atoms with Crippen molar-refractivity contribution in [1.82, 2.24) is 19.5 Å². The zero-order chi connectivity index (χ0) is 17.4. The van der Waals surface area contributed by atoms with Gasteiger partial charge in [0.05, 0.1) is 23.2 Å². The molecule has 0 amide bonds. The molecular weight excluding hydrogens is 336 g/mol. The molecule has 4 rings (SSSR count). The fourth-order valence-electron chi connectivity index (χ4n) is 2.85. The van der Waals surface area contributed by atoms with Crippen LogP contribution in [-0.4, -0.2) is 26.6 Å². The van der Waals surface area contributed by atoms with Crippen LogP contribution in [0, 0.1) is 6.92 Å². The van der Waals surface area contributed by atoms with Crippen LogP contribution in [0.2, 0.25) is 5.02 Å². The lowest BCUT2D eigenvalue weighted by atomic mass is 10.2. The Balaban J connectivity index is 1.84. The lowest BCUT2D eigenvalue weighted by Crippen LogP contribution is -2.02. The Kier molecular flexibility index (Phi) is 3.86. The number of aromatic nitrogens is 4. The number of benzene rings is 2. The molecule has 124 valence electrons. The van der Waals surface area contributed by atoms with Crippen molar-refractivity contribution in [3.63, 3.8) is 0 Å². The molecule has 0 atom stereocenters. The molecular formula is C19H15ClN4O. The second kappa shape index (κ2) is 6.18. The van der Waals surface area contributed by atoms with Gasteiger partial charge in [0.15, 0.2) is 5.82 Å². The standard InChI is InChI=1S/C19H15ClN4O/c1-12-22-15-5-3-4-6-16(15)24(12)18-9-10-21-19(23-18)13-7-8-17(25-2)14(20)11-13/h3-11H,1-2H3. The van der Waals surface area contributed by atoms with E-state index >= 15 is 0 Å². The average molecular weight is 351 g/mol. The van der Waals surface area contributed by atoms with Gasteiger partial charge in [-0.2, -0.15) is 0 Å². The van der Waals surface area contributed by atoms with Gasteiger partial charge >= 0.3 is 0 Å². The zero-order valence-electron chi connectivity index (χ0n) is 13.8. The highest BCUT2D eigenvalue weighted by molar-refractivity contribution is 6.32. The third-order valence-electron chi connectivity index (χ3n) is 4.01. The van der Waals surface area contributed by atoms with E-state index < -0.39 is 0 Å². The van der Waals surface area contributed by atoms with Crippen LogP contribution >= 0.6 is 11.6 Å². The Morgan fingerprint density at radius 2 is 1.88 bits per heavy atom. The van der Waals surface area contributed by atoms with Gasteiger partial charge in [0.1, 0.15) is 17.4 Å². The number of hydrogen-bond acceptors (Lipinski definition) is 4. The highest BCUT2D eigenvalue weighted by Gasteiger charge is 2.12. The Hall–Kier alpha value is -2.92. The van der Waals surface area contributed by atoms with Crippen molar-refractivity contribution in [3.8, 4) is 23.0 Å². The molecule has 0 radical (unpaired) electrons. The molecule has 0 aliphatic carbocycles. The fourth-order valence-corrected chi connectivity index (χ4v) is 3.11. The van der Waals surface area contributed by atoms with E-state index in [0.29, 0.717) is 16.6 Å². The van der Waals surface area contributed by atoms with Gasteiger partial charge < -0.3 is 4.74 Å². The summed E-state index contributed by atoms with van der Waals surface area (Å²) in [5.41, 5.74) is 2.78. The van der Waals surface area contributed by atoms with Crippen molar-refractivity contribution < 1.29 is 4.74 Å². The number of aryl methyl sites for hydroxylation is 1.